The Hall–Kier alpha value is -2.34. The van der Waals surface area contributed by atoms with Gasteiger partial charge in [-0.1, -0.05) is 0 Å². The van der Waals surface area contributed by atoms with Crippen LogP contribution in [0, 0.1) is 6.92 Å². The van der Waals surface area contributed by atoms with E-state index in [4.69, 9.17) is 9.72 Å². The van der Waals surface area contributed by atoms with Crippen molar-refractivity contribution >= 4 is 11.7 Å². The smallest absolute Gasteiger partial charge is 0.228 e. The summed E-state index contributed by atoms with van der Waals surface area (Å²) in [4.78, 5) is 27.8. The number of fused-ring (bicyclic) bond motifs is 1. The predicted octanol–water partition coefficient (Wildman–Crippen LogP) is 2.31. The molecule has 6 heteroatoms. The Bertz CT molecular complexity index is 757. The molecule has 0 N–H and O–H groups in total. The van der Waals surface area contributed by atoms with Crippen LogP contribution in [0.1, 0.15) is 30.5 Å². The molecular formula is C18H20N4O2. The average molecular weight is 324 g/mol. The zero-order chi connectivity index (χ0) is 16.5. The number of anilines is 1. The zero-order valence-electron chi connectivity index (χ0n) is 13.7. The minimum absolute atomic E-state index is 0.108. The summed E-state index contributed by atoms with van der Waals surface area (Å²) in [7, 11) is 0. The molecule has 0 bridgehead atoms. The Morgan fingerprint density at radius 2 is 2.25 bits per heavy atom. The summed E-state index contributed by atoms with van der Waals surface area (Å²) in [6, 6.07) is 3.80. The molecular weight excluding hydrogens is 304 g/mol. The lowest BCUT2D eigenvalue weighted by molar-refractivity contribution is -0.119. The first-order valence-corrected chi connectivity index (χ1v) is 8.42. The number of rotatable bonds is 3. The maximum absolute atomic E-state index is 12.5. The van der Waals surface area contributed by atoms with Gasteiger partial charge >= 0.3 is 0 Å². The number of hydrogen-bond donors (Lipinski definition) is 0. The summed E-state index contributed by atoms with van der Waals surface area (Å²) in [6.07, 6.45) is 6.85. The molecule has 0 saturated carbocycles. The maximum Gasteiger partial charge on any atom is 0.228 e. The van der Waals surface area contributed by atoms with Gasteiger partial charge in [0.05, 0.1) is 12.6 Å². The van der Waals surface area contributed by atoms with E-state index in [0.29, 0.717) is 25.2 Å². The third kappa shape index (κ3) is 2.78. The number of amides is 1. The molecule has 0 spiro atoms. The third-order valence-corrected chi connectivity index (χ3v) is 4.67. The van der Waals surface area contributed by atoms with Crippen LogP contribution in [0.5, 0.6) is 0 Å². The second-order valence-corrected chi connectivity index (χ2v) is 6.32. The van der Waals surface area contributed by atoms with Crippen LogP contribution in [-0.4, -0.2) is 40.1 Å². The number of aromatic nitrogens is 3. The van der Waals surface area contributed by atoms with E-state index in [1.807, 2.05) is 19.1 Å². The van der Waals surface area contributed by atoms with Crippen LogP contribution >= 0.6 is 0 Å². The molecule has 1 unspecified atom stereocenters. The Labute approximate surface area is 140 Å². The first-order valence-electron chi connectivity index (χ1n) is 8.42. The number of carbonyl (C=O) groups excluding carboxylic acids is 1. The van der Waals surface area contributed by atoms with Crippen molar-refractivity contribution in [3.63, 3.8) is 0 Å². The lowest BCUT2D eigenvalue weighted by atomic mass is 10.0. The highest BCUT2D eigenvalue weighted by Crippen LogP contribution is 2.31. The van der Waals surface area contributed by atoms with Gasteiger partial charge in [0.25, 0.3) is 0 Å². The topological polar surface area (TPSA) is 68.2 Å². The molecule has 24 heavy (non-hydrogen) atoms. The fourth-order valence-electron chi connectivity index (χ4n) is 3.39. The van der Waals surface area contributed by atoms with E-state index in [2.05, 4.69) is 9.97 Å². The largest absolute Gasteiger partial charge is 0.376 e. The third-order valence-electron chi connectivity index (χ3n) is 4.67. The van der Waals surface area contributed by atoms with Gasteiger partial charge in [-0.05, 0) is 38.3 Å². The number of pyridine rings is 1. The molecule has 2 aromatic rings. The van der Waals surface area contributed by atoms with Crippen molar-refractivity contribution in [2.45, 2.75) is 38.7 Å². The van der Waals surface area contributed by atoms with Crippen LogP contribution in [0.2, 0.25) is 0 Å². The summed E-state index contributed by atoms with van der Waals surface area (Å²) in [5, 5.41) is 0. The van der Waals surface area contributed by atoms with E-state index < -0.39 is 0 Å². The van der Waals surface area contributed by atoms with E-state index >= 15 is 0 Å². The van der Waals surface area contributed by atoms with E-state index in [1.165, 1.54) is 0 Å². The van der Waals surface area contributed by atoms with Gasteiger partial charge in [0, 0.05) is 42.2 Å². The highest BCUT2D eigenvalue weighted by Gasteiger charge is 2.31. The summed E-state index contributed by atoms with van der Waals surface area (Å²) >= 11 is 0. The summed E-state index contributed by atoms with van der Waals surface area (Å²) in [5.41, 5.74) is 2.86. The van der Waals surface area contributed by atoms with Gasteiger partial charge in [-0.25, -0.2) is 9.97 Å². The van der Waals surface area contributed by atoms with Gasteiger partial charge < -0.3 is 4.74 Å². The first kappa shape index (κ1) is 15.2. The van der Waals surface area contributed by atoms with Crippen molar-refractivity contribution in [2.75, 3.05) is 18.1 Å². The average Bonchev–Trinajstić information content (AvgIpc) is 3.11. The molecule has 1 atom stereocenters. The molecule has 6 nitrogen and oxygen atoms in total. The van der Waals surface area contributed by atoms with Crippen LogP contribution in [-0.2, 0) is 16.0 Å². The number of hydrogen-bond acceptors (Lipinski definition) is 5. The standard InChI is InChI=1S/C18H20N4O2/c1-12-15-6-7-16(23)22(11-14-5-3-9-24-14)18(15)21-17(20-12)13-4-2-8-19-10-13/h2,4,8,10,14H,3,5-7,9,11H2,1H3. The molecule has 4 heterocycles. The number of aryl methyl sites for hydroxylation is 1. The van der Waals surface area contributed by atoms with Gasteiger partial charge in [0.15, 0.2) is 5.82 Å². The summed E-state index contributed by atoms with van der Waals surface area (Å²) in [5.74, 6) is 1.48. The van der Waals surface area contributed by atoms with E-state index in [1.54, 1.807) is 17.3 Å². The van der Waals surface area contributed by atoms with Gasteiger partial charge in [0.2, 0.25) is 5.91 Å². The second kappa shape index (κ2) is 6.28. The number of nitrogens with zero attached hydrogens (tertiary/aromatic N) is 4. The van der Waals surface area contributed by atoms with Crippen molar-refractivity contribution in [1.29, 1.82) is 0 Å². The molecule has 0 aliphatic carbocycles. The Balaban J connectivity index is 1.74. The molecule has 2 aliphatic rings. The van der Waals surface area contributed by atoms with Crippen molar-refractivity contribution in [1.82, 2.24) is 15.0 Å². The molecule has 124 valence electrons. The van der Waals surface area contributed by atoms with Crippen molar-refractivity contribution in [3.05, 3.63) is 35.8 Å². The van der Waals surface area contributed by atoms with Gasteiger partial charge in [-0.3, -0.25) is 14.7 Å². The van der Waals surface area contributed by atoms with E-state index in [-0.39, 0.29) is 12.0 Å². The molecule has 2 aliphatic heterocycles. The second-order valence-electron chi connectivity index (χ2n) is 6.32. The fourth-order valence-corrected chi connectivity index (χ4v) is 3.39. The summed E-state index contributed by atoms with van der Waals surface area (Å²) in [6.45, 7) is 3.35. The van der Waals surface area contributed by atoms with Gasteiger partial charge in [-0.15, -0.1) is 0 Å². The quantitative estimate of drug-likeness (QED) is 0.866. The SMILES string of the molecule is Cc1nc(-c2cccnc2)nc2c1CCC(=O)N2CC1CCCO1. The van der Waals surface area contributed by atoms with Crippen LogP contribution in [0.3, 0.4) is 0 Å². The highest BCUT2D eigenvalue weighted by molar-refractivity contribution is 5.95. The number of ether oxygens (including phenoxy) is 1. The van der Waals surface area contributed by atoms with E-state index in [0.717, 1.165) is 42.1 Å². The molecule has 4 rings (SSSR count). The monoisotopic (exact) mass is 324 g/mol. The Morgan fingerprint density at radius 1 is 1.33 bits per heavy atom. The molecule has 1 amide bonds. The molecule has 0 aromatic carbocycles. The maximum atomic E-state index is 12.5. The first-order chi connectivity index (χ1) is 11.7. The molecule has 2 aromatic heterocycles. The van der Waals surface area contributed by atoms with Crippen LogP contribution in [0.4, 0.5) is 5.82 Å². The van der Waals surface area contributed by atoms with E-state index in [9.17, 15) is 4.79 Å². The van der Waals surface area contributed by atoms with Crippen LogP contribution in [0.15, 0.2) is 24.5 Å². The van der Waals surface area contributed by atoms with Crippen molar-refractivity contribution in [3.8, 4) is 11.4 Å². The molecule has 1 saturated heterocycles. The van der Waals surface area contributed by atoms with Crippen molar-refractivity contribution < 1.29 is 9.53 Å². The molecule has 1 fully saturated rings. The Kier molecular flexibility index (Phi) is 3.98. The normalized spacial score (nSPS) is 20.3. The number of carbonyl (C=O) groups is 1. The van der Waals surface area contributed by atoms with Gasteiger partial charge in [-0.2, -0.15) is 0 Å². The fraction of sp³-hybridized carbons (Fsp3) is 0.444. The molecule has 0 radical (unpaired) electrons. The minimum atomic E-state index is 0.108. The van der Waals surface area contributed by atoms with Crippen LogP contribution < -0.4 is 4.90 Å². The van der Waals surface area contributed by atoms with Gasteiger partial charge in [0.1, 0.15) is 5.82 Å². The lowest BCUT2D eigenvalue weighted by Gasteiger charge is -2.31. The zero-order valence-corrected chi connectivity index (χ0v) is 13.7. The van der Waals surface area contributed by atoms with Crippen molar-refractivity contribution in [2.24, 2.45) is 0 Å². The van der Waals surface area contributed by atoms with Crippen LogP contribution in [0.25, 0.3) is 11.4 Å². The minimum Gasteiger partial charge on any atom is -0.376 e. The lowest BCUT2D eigenvalue weighted by Crippen LogP contribution is -2.41. The summed E-state index contributed by atoms with van der Waals surface area (Å²) < 4.78 is 5.72. The Morgan fingerprint density at radius 3 is 3.00 bits per heavy atom. The predicted molar refractivity (Wildman–Crippen MR) is 89.6 cm³/mol. The highest BCUT2D eigenvalue weighted by atomic mass is 16.5.